The van der Waals surface area contributed by atoms with Crippen LogP contribution in [0.5, 0.6) is 0 Å². The molecule has 0 radical (unpaired) electrons. The summed E-state index contributed by atoms with van der Waals surface area (Å²) in [7, 11) is 0. The second kappa shape index (κ2) is 2.20. The minimum Gasteiger partial charge on any atom is -0.390 e. The molecular formula is C14H20O. The van der Waals surface area contributed by atoms with Gasteiger partial charge in [0.25, 0.3) is 0 Å². The fourth-order valence-electron chi connectivity index (χ4n) is 5.77. The Hall–Kier alpha value is -0.300. The molecule has 3 saturated carbocycles. The molecule has 7 unspecified atom stereocenters. The van der Waals surface area contributed by atoms with Crippen molar-refractivity contribution in [2.75, 3.05) is 0 Å². The molecule has 4 rings (SSSR count). The Kier molecular flexibility index (Phi) is 1.29. The highest BCUT2D eigenvalue weighted by atomic mass is 16.3. The Morgan fingerprint density at radius 2 is 2.00 bits per heavy atom. The minimum absolute atomic E-state index is 0.354. The molecule has 1 N–H and O–H groups in total. The highest BCUT2D eigenvalue weighted by Crippen LogP contribution is 2.74. The van der Waals surface area contributed by atoms with Gasteiger partial charge in [0.2, 0.25) is 0 Å². The summed E-state index contributed by atoms with van der Waals surface area (Å²) in [6.07, 6.45) is 8.64. The van der Waals surface area contributed by atoms with E-state index < -0.39 is 0 Å². The van der Waals surface area contributed by atoms with E-state index in [1.54, 1.807) is 0 Å². The van der Waals surface area contributed by atoms with E-state index in [2.05, 4.69) is 26.0 Å². The summed E-state index contributed by atoms with van der Waals surface area (Å²) in [5, 5.41) is 10.5. The molecule has 7 atom stereocenters. The van der Waals surface area contributed by atoms with Crippen LogP contribution in [0.2, 0.25) is 0 Å². The van der Waals surface area contributed by atoms with E-state index in [0.29, 0.717) is 11.3 Å². The van der Waals surface area contributed by atoms with Gasteiger partial charge in [0, 0.05) is 0 Å². The van der Waals surface area contributed by atoms with Crippen molar-refractivity contribution in [1.29, 1.82) is 0 Å². The Bertz CT molecular complexity index is 356. The Labute approximate surface area is 91.6 Å². The summed E-state index contributed by atoms with van der Waals surface area (Å²) in [4.78, 5) is 0. The van der Waals surface area contributed by atoms with Gasteiger partial charge in [-0.15, -0.1) is 0 Å². The molecule has 4 aliphatic carbocycles. The summed E-state index contributed by atoms with van der Waals surface area (Å²) in [5.41, 5.74) is 0.194. The van der Waals surface area contributed by atoms with E-state index in [1.807, 2.05) is 0 Å². The van der Waals surface area contributed by atoms with E-state index in [9.17, 15) is 5.11 Å². The second-order valence-electron chi connectivity index (χ2n) is 6.88. The van der Waals surface area contributed by atoms with Gasteiger partial charge in [-0.3, -0.25) is 0 Å². The van der Waals surface area contributed by atoms with Gasteiger partial charge in [-0.05, 0) is 61.2 Å². The lowest BCUT2D eigenvalue weighted by molar-refractivity contribution is -0.0683. The predicted octanol–water partition coefficient (Wildman–Crippen LogP) is 2.61. The van der Waals surface area contributed by atoms with E-state index in [1.165, 1.54) is 12.8 Å². The average molecular weight is 204 g/mol. The van der Waals surface area contributed by atoms with Gasteiger partial charge in [0.15, 0.2) is 0 Å². The molecule has 4 aliphatic rings. The molecule has 0 aliphatic heterocycles. The number of allylic oxidation sites excluding steroid dienone is 2. The molecule has 0 heterocycles. The van der Waals surface area contributed by atoms with E-state index in [0.717, 1.165) is 30.1 Å². The fourth-order valence-corrected chi connectivity index (χ4v) is 5.77. The zero-order valence-corrected chi connectivity index (χ0v) is 9.61. The van der Waals surface area contributed by atoms with Crippen molar-refractivity contribution in [1.82, 2.24) is 0 Å². The van der Waals surface area contributed by atoms with Crippen molar-refractivity contribution in [2.24, 2.45) is 35.0 Å². The smallest absolute Gasteiger partial charge is 0.0653 e. The molecule has 0 aromatic rings. The molecule has 0 aromatic heterocycles. The topological polar surface area (TPSA) is 20.2 Å². The van der Waals surface area contributed by atoms with E-state index >= 15 is 0 Å². The maximum absolute atomic E-state index is 10.5. The first-order valence-corrected chi connectivity index (χ1v) is 6.44. The van der Waals surface area contributed by atoms with Crippen LogP contribution < -0.4 is 0 Å². The quantitative estimate of drug-likeness (QED) is 0.475. The first-order chi connectivity index (χ1) is 7.03. The molecule has 0 spiro atoms. The number of hydrogen-bond donors (Lipinski definition) is 1. The molecular weight excluding hydrogens is 184 g/mol. The summed E-state index contributed by atoms with van der Waals surface area (Å²) in [5.74, 6) is 3.80. The SMILES string of the molecule is CC1(O)CC2CC1C1C3C=CC(C3)C21C. The number of rotatable bonds is 0. The van der Waals surface area contributed by atoms with Gasteiger partial charge in [0.1, 0.15) is 0 Å². The first kappa shape index (κ1) is 8.81. The van der Waals surface area contributed by atoms with Gasteiger partial charge in [-0.25, -0.2) is 0 Å². The summed E-state index contributed by atoms with van der Waals surface area (Å²) < 4.78 is 0. The minimum atomic E-state index is -0.354. The van der Waals surface area contributed by atoms with Gasteiger partial charge < -0.3 is 5.11 Å². The highest BCUT2D eigenvalue weighted by Gasteiger charge is 2.70. The van der Waals surface area contributed by atoms with Crippen molar-refractivity contribution in [3.05, 3.63) is 12.2 Å². The molecule has 4 bridgehead atoms. The summed E-state index contributed by atoms with van der Waals surface area (Å²) >= 11 is 0. The molecule has 1 heteroatoms. The zero-order chi connectivity index (χ0) is 10.4. The van der Waals surface area contributed by atoms with Crippen LogP contribution in [0.25, 0.3) is 0 Å². The van der Waals surface area contributed by atoms with Crippen molar-refractivity contribution in [3.63, 3.8) is 0 Å². The lowest BCUT2D eigenvalue weighted by atomic mass is 9.59. The number of hydrogen-bond acceptors (Lipinski definition) is 1. The van der Waals surface area contributed by atoms with Crippen molar-refractivity contribution in [2.45, 2.75) is 38.7 Å². The van der Waals surface area contributed by atoms with Crippen LogP contribution in [-0.4, -0.2) is 10.7 Å². The maximum Gasteiger partial charge on any atom is 0.0653 e. The number of fused-ring (bicyclic) bond motifs is 9. The maximum atomic E-state index is 10.5. The molecule has 0 amide bonds. The van der Waals surface area contributed by atoms with Crippen LogP contribution in [-0.2, 0) is 0 Å². The fraction of sp³-hybridized carbons (Fsp3) is 0.857. The van der Waals surface area contributed by atoms with Crippen LogP contribution in [0.3, 0.4) is 0 Å². The molecule has 0 saturated heterocycles. The predicted molar refractivity (Wildman–Crippen MR) is 59.2 cm³/mol. The van der Waals surface area contributed by atoms with Gasteiger partial charge in [-0.1, -0.05) is 19.1 Å². The normalized spacial score (nSPS) is 69.1. The van der Waals surface area contributed by atoms with Gasteiger partial charge >= 0.3 is 0 Å². The Morgan fingerprint density at radius 3 is 2.80 bits per heavy atom. The Morgan fingerprint density at radius 1 is 1.20 bits per heavy atom. The number of aliphatic hydroxyl groups is 1. The average Bonchev–Trinajstić information content (AvgIpc) is 2.79. The monoisotopic (exact) mass is 204 g/mol. The van der Waals surface area contributed by atoms with Gasteiger partial charge in [0.05, 0.1) is 5.60 Å². The third kappa shape index (κ3) is 0.759. The van der Waals surface area contributed by atoms with Crippen LogP contribution in [0.4, 0.5) is 0 Å². The zero-order valence-electron chi connectivity index (χ0n) is 9.61. The molecule has 1 nitrogen and oxygen atoms in total. The van der Waals surface area contributed by atoms with Crippen molar-refractivity contribution >= 4 is 0 Å². The second-order valence-corrected chi connectivity index (χ2v) is 6.88. The first-order valence-electron chi connectivity index (χ1n) is 6.44. The molecule has 3 fully saturated rings. The summed E-state index contributed by atoms with van der Waals surface area (Å²) in [6.45, 7) is 4.58. The van der Waals surface area contributed by atoms with Crippen molar-refractivity contribution < 1.29 is 5.11 Å². The summed E-state index contributed by atoms with van der Waals surface area (Å²) in [6, 6.07) is 0. The van der Waals surface area contributed by atoms with Crippen LogP contribution >= 0.6 is 0 Å². The van der Waals surface area contributed by atoms with Crippen LogP contribution in [0, 0.1) is 35.0 Å². The molecule has 82 valence electrons. The molecule has 15 heavy (non-hydrogen) atoms. The largest absolute Gasteiger partial charge is 0.390 e. The third-order valence-electron chi connectivity index (χ3n) is 6.41. The molecule has 0 aromatic carbocycles. The lowest BCUT2D eigenvalue weighted by Crippen LogP contribution is -2.47. The van der Waals surface area contributed by atoms with E-state index in [4.69, 9.17) is 0 Å². The van der Waals surface area contributed by atoms with Crippen LogP contribution in [0.15, 0.2) is 12.2 Å². The van der Waals surface area contributed by atoms with Crippen molar-refractivity contribution in [3.8, 4) is 0 Å². The third-order valence-corrected chi connectivity index (χ3v) is 6.41. The lowest BCUT2D eigenvalue weighted by Gasteiger charge is -2.47. The van der Waals surface area contributed by atoms with E-state index in [-0.39, 0.29) is 5.60 Å². The van der Waals surface area contributed by atoms with Gasteiger partial charge in [-0.2, -0.15) is 0 Å². The standard InChI is InChI=1S/C14H20O/c1-13(15)7-10-6-11(13)12-8-3-4-9(5-8)14(10,12)2/h3-4,8-12,15H,5-7H2,1-2H3. The highest BCUT2D eigenvalue weighted by molar-refractivity contribution is 5.27. The Balaban J connectivity index is 1.85. The van der Waals surface area contributed by atoms with Crippen LogP contribution in [0.1, 0.15) is 33.1 Å².